The SMILES string of the molecule is COc1ccc(CN(Cc2ccc(OC)cc2)c2nc(C)nc(-c3cc(CN4CCN(C(=O)OC(C)(C)C)C[C@@H]4C)cnc3Nc3cnc(OC)c(F)c3)n2)cc1. The van der Waals surface area contributed by atoms with E-state index < -0.39 is 11.4 Å². The van der Waals surface area contributed by atoms with Crippen LogP contribution in [0, 0.1) is 12.7 Å². The number of benzene rings is 2. The molecule has 1 saturated heterocycles. The van der Waals surface area contributed by atoms with Gasteiger partial charge in [-0.25, -0.2) is 24.1 Å². The first-order chi connectivity index (χ1) is 27.3. The molecule has 5 aromatic rings. The summed E-state index contributed by atoms with van der Waals surface area (Å²) < 4.78 is 36.3. The maximum atomic E-state index is 14.8. The number of carbonyl (C=O) groups is 1. The van der Waals surface area contributed by atoms with Crippen molar-refractivity contribution >= 4 is 23.5 Å². The third-order valence-corrected chi connectivity index (χ3v) is 9.33. The number of amides is 1. The lowest BCUT2D eigenvalue weighted by atomic mass is 10.1. The number of rotatable bonds is 13. The van der Waals surface area contributed by atoms with Crippen LogP contribution in [0.4, 0.5) is 26.6 Å². The molecule has 0 bridgehead atoms. The molecule has 0 spiro atoms. The molecule has 0 unspecified atom stereocenters. The summed E-state index contributed by atoms with van der Waals surface area (Å²) >= 11 is 0. The number of aryl methyl sites for hydroxylation is 1. The van der Waals surface area contributed by atoms with Gasteiger partial charge in [0.25, 0.3) is 0 Å². The van der Waals surface area contributed by atoms with Gasteiger partial charge in [-0.05, 0) is 81.6 Å². The Morgan fingerprint density at radius 1 is 0.860 bits per heavy atom. The molecule has 1 fully saturated rings. The lowest BCUT2D eigenvalue weighted by Gasteiger charge is -2.40. The van der Waals surface area contributed by atoms with Crippen molar-refractivity contribution in [1.29, 1.82) is 0 Å². The highest BCUT2D eigenvalue weighted by molar-refractivity contribution is 5.75. The molecule has 2 aromatic carbocycles. The van der Waals surface area contributed by atoms with Gasteiger partial charge in [-0.15, -0.1) is 0 Å². The second kappa shape index (κ2) is 17.8. The van der Waals surface area contributed by atoms with E-state index in [0.29, 0.717) is 73.9 Å². The average Bonchev–Trinajstić information content (AvgIpc) is 3.18. The summed E-state index contributed by atoms with van der Waals surface area (Å²) in [6, 6.07) is 19.1. The van der Waals surface area contributed by atoms with Gasteiger partial charge in [-0.2, -0.15) is 9.97 Å². The van der Waals surface area contributed by atoms with E-state index in [9.17, 15) is 9.18 Å². The Bertz CT molecular complexity index is 2100. The van der Waals surface area contributed by atoms with Crippen molar-refractivity contribution in [3.8, 4) is 28.8 Å². The molecule has 4 heterocycles. The van der Waals surface area contributed by atoms with Gasteiger partial charge in [0.1, 0.15) is 28.7 Å². The van der Waals surface area contributed by atoms with Crippen molar-refractivity contribution in [2.75, 3.05) is 51.2 Å². The fourth-order valence-electron chi connectivity index (χ4n) is 6.43. The zero-order valence-electron chi connectivity index (χ0n) is 33.7. The maximum Gasteiger partial charge on any atom is 0.410 e. The standard InChI is InChI=1S/C42H50FN9O5/c1-27-23-51(41(53)57-42(3,4)5)18-17-50(27)26-31-19-35(37(44-21-31)48-32-20-36(43)39(56-8)45-22-32)38-46-28(2)47-40(49-38)52(24-29-9-13-33(54-6)14-10-29)25-30-11-15-34(55-7)16-12-30/h9-16,19-22,27H,17-18,23-26H2,1-8H3,(H,44,48)/t27-/m0/s1. The van der Waals surface area contributed by atoms with Crippen molar-refractivity contribution in [3.05, 3.63) is 101 Å². The zero-order chi connectivity index (χ0) is 40.7. The second-order valence-corrected chi connectivity index (χ2v) is 14.9. The molecular weight excluding hydrogens is 730 g/mol. The van der Waals surface area contributed by atoms with Crippen LogP contribution in [0.15, 0.2) is 73.1 Å². The molecule has 0 radical (unpaired) electrons. The molecular formula is C42H50FN9O5. The molecule has 1 N–H and O–H groups in total. The zero-order valence-corrected chi connectivity index (χ0v) is 33.7. The molecule has 1 atom stereocenters. The molecule has 1 aliphatic rings. The molecule has 3 aromatic heterocycles. The molecule has 0 aliphatic carbocycles. The Hall–Kier alpha value is -6.09. The summed E-state index contributed by atoms with van der Waals surface area (Å²) in [5.74, 6) is 2.54. The number of nitrogens with zero attached hydrogens (tertiary/aromatic N) is 8. The number of pyridine rings is 2. The molecule has 14 nitrogen and oxygen atoms in total. The van der Waals surface area contributed by atoms with Crippen LogP contribution in [0.25, 0.3) is 11.4 Å². The highest BCUT2D eigenvalue weighted by Gasteiger charge is 2.30. The number of piperazine rings is 1. The number of ether oxygens (including phenoxy) is 4. The summed E-state index contributed by atoms with van der Waals surface area (Å²) in [7, 11) is 4.65. The average molecular weight is 780 g/mol. The van der Waals surface area contributed by atoms with Gasteiger partial charge in [-0.3, -0.25) is 4.90 Å². The first-order valence-electron chi connectivity index (χ1n) is 18.7. The Morgan fingerprint density at radius 2 is 1.51 bits per heavy atom. The number of nitrogens with one attached hydrogen (secondary N) is 1. The Labute approximate surface area is 333 Å². The maximum absolute atomic E-state index is 14.8. The fraction of sp³-hybridized carbons (Fsp3) is 0.381. The van der Waals surface area contributed by atoms with Gasteiger partial charge in [-0.1, -0.05) is 24.3 Å². The monoisotopic (exact) mass is 779 g/mol. The molecule has 0 saturated carbocycles. The number of halogens is 1. The second-order valence-electron chi connectivity index (χ2n) is 14.9. The predicted octanol–water partition coefficient (Wildman–Crippen LogP) is 7.19. The van der Waals surface area contributed by atoms with E-state index >= 15 is 0 Å². The predicted molar refractivity (Wildman–Crippen MR) is 215 cm³/mol. The summed E-state index contributed by atoms with van der Waals surface area (Å²) in [6.45, 7) is 12.8. The summed E-state index contributed by atoms with van der Waals surface area (Å²) in [5.41, 5.74) is 3.35. The minimum absolute atomic E-state index is 0.0522. The fourth-order valence-corrected chi connectivity index (χ4v) is 6.43. The van der Waals surface area contributed by atoms with Gasteiger partial charge in [0, 0.05) is 57.6 Å². The Morgan fingerprint density at radius 3 is 2.07 bits per heavy atom. The van der Waals surface area contributed by atoms with Gasteiger partial charge >= 0.3 is 6.09 Å². The van der Waals surface area contributed by atoms with E-state index in [1.165, 1.54) is 19.4 Å². The molecule has 1 amide bonds. The van der Waals surface area contributed by atoms with Crippen LogP contribution in [0.2, 0.25) is 0 Å². The van der Waals surface area contributed by atoms with Crippen molar-refractivity contribution < 1.29 is 28.1 Å². The van der Waals surface area contributed by atoms with Crippen LogP contribution in [0.5, 0.6) is 17.4 Å². The van der Waals surface area contributed by atoms with Crippen LogP contribution in [-0.2, 0) is 24.4 Å². The summed E-state index contributed by atoms with van der Waals surface area (Å²) in [5, 5.41) is 3.23. The molecule has 300 valence electrons. The first-order valence-corrected chi connectivity index (χ1v) is 18.7. The quantitative estimate of drug-likeness (QED) is 0.129. The van der Waals surface area contributed by atoms with Crippen molar-refractivity contribution in [3.63, 3.8) is 0 Å². The van der Waals surface area contributed by atoms with E-state index in [-0.39, 0.29) is 18.0 Å². The minimum Gasteiger partial charge on any atom is -0.497 e. The van der Waals surface area contributed by atoms with Crippen LogP contribution in [0.3, 0.4) is 0 Å². The van der Waals surface area contributed by atoms with Crippen LogP contribution < -0.4 is 24.4 Å². The molecule has 6 rings (SSSR count). The number of hydrogen-bond donors (Lipinski definition) is 1. The largest absolute Gasteiger partial charge is 0.497 e. The summed E-state index contributed by atoms with van der Waals surface area (Å²) in [4.78, 5) is 42.6. The van der Waals surface area contributed by atoms with Gasteiger partial charge < -0.3 is 34.1 Å². The van der Waals surface area contributed by atoms with E-state index in [2.05, 4.69) is 27.0 Å². The highest BCUT2D eigenvalue weighted by atomic mass is 19.1. The lowest BCUT2D eigenvalue weighted by molar-refractivity contribution is 0.00459. The molecule has 15 heteroatoms. The number of anilines is 3. The normalized spacial score (nSPS) is 14.5. The van der Waals surface area contributed by atoms with E-state index in [4.69, 9.17) is 38.9 Å². The lowest BCUT2D eigenvalue weighted by Crippen LogP contribution is -2.54. The van der Waals surface area contributed by atoms with E-state index in [1.807, 2.05) is 82.3 Å². The Kier molecular flexibility index (Phi) is 12.7. The minimum atomic E-state index is -0.619. The number of hydrogen-bond acceptors (Lipinski definition) is 13. The first kappa shape index (κ1) is 40.6. The van der Waals surface area contributed by atoms with Gasteiger partial charge in [0.2, 0.25) is 11.8 Å². The third kappa shape index (κ3) is 10.6. The smallest absolute Gasteiger partial charge is 0.410 e. The van der Waals surface area contributed by atoms with Gasteiger partial charge in [0.05, 0.1) is 38.8 Å². The number of aromatic nitrogens is 5. The van der Waals surface area contributed by atoms with Crippen molar-refractivity contribution in [2.24, 2.45) is 0 Å². The molecule has 1 aliphatic heterocycles. The van der Waals surface area contributed by atoms with Crippen LogP contribution in [-0.4, -0.2) is 93.4 Å². The van der Waals surface area contributed by atoms with Crippen LogP contribution in [0.1, 0.15) is 50.2 Å². The van der Waals surface area contributed by atoms with Gasteiger partial charge in [0.15, 0.2) is 11.6 Å². The third-order valence-electron chi connectivity index (χ3n) is 9.33. The summed E-state index contributed by atoms with van der Waals surface area (Å²) in [6.07, 6.45) is 2.94. The Balaban J connectivity index is 1.35. The molecule has 57 heavy (non-hydrogen) atoms. The van der Waals surface area contributed by atoms with Crippen molar-refractivity contribution in [2.45, 2.75) is 65.9 Å². The van der Waals surface area contributed by atoms with Crippen molar-refractivity contribution in [1.82, 2.24) is 34.7 Å². The number of methoxy groups -OCH3 is 3. The topological polar surface area (TPSA) is 140 Å². The highest BCUT2D eigenvalue weighted by Crippen LogP contribution is 2.31. The van der Waals surface area contributed by atoms with Crippen LogP contribution >= 0.6 is 0 Å². The van der Waals surface area contributed by atoms with E-state index in [1.54, 1.807) is 25.3 Å². The number of carbonyl (C=O) groups excluding carboxylic acids is 1. The van der Waals surface area contributed by atoms with E-state index in [0.717, 1.165) is 28.2 Å².